The van der Waals surface area contributed by atoms with Crippen LogP contribution < -0.4 is 10.2 Å². The molecule has 0 radical (unpaired) electrons. The number of amides is 2. The van der Waals surface area contributed by atoms with Gasteiger partial charge in [-0.05, 0) is 44.4 Å². The number of anilines is 1. The zero-order chi connectivity index (χ0) is 20.7. The van der Waals surface area contributed by atoms with E-state index < -0.39 is 33.2 Å². The van der Waals surface area contributed by atoms with E-state index in [1.165, 1.54) is 24.0 Å². The number of carbonyl (C=O) groups excluding carboxylic acids is 2. The Morgan fingerprint density at radius 2 is 1.93 bits per heavy atom. The molecule has 2 fully saturated rings. The molecule has 1 atom stereocenters. The molecule has 2 amide bonds. The van der Waals surface area contributed by atoms with Crippen LogP contribution in [0.3, 0.4) is 0 Å². The predicted molar refractivity (Wildman–Crippen MR) is 104 cm³/mol. The summed E-state index contributed by atoms with van der Waals surface area (Å²) in [4.78, 5) is 27.4. The molecule has 7 nitrogen and oxygen atoms in total. The molecular formula is C19H26FN3O4S. The number of nitrogens with zero attached hydrogens (tertiary/aromatic N) is 2. The van der Waals surface area contributed by atoms with Crippen LogP contribution >= 0.6 is 0 Å². The molecule has 1 saturated carbocycles. The fourth-order valence-electron chi connectivity index (χ4n) is 3.94. The van der Waals surface area contributed by atoms with Crippen LogP contribution in [0.25, 0.3) is 0 Å². The van der Waals surface area contributed by atoms with Crippen molar-refractivity contribution in [1.29, 1.82) is 0 Å². The molecule has 1 N–H and O–H groups in total. The summed E-state index contributed by atoms with van der Waals surface area (Å²) in [7, 11) is -3.68. The lowest BCUT2D eigenvalue weighted by atomic mass is 9.93. The van der Waals surface area contributed by atoms with Crippen molar-refractivity contribution in [3.05, 3.63) is 29.6 Å². The van der Waals surface area contributed by atoms with E-state index in [2.05, 4.69) is 5.32 Å². The summed E-state index contributed by atoms with van der Waals surface area (Å²) in [6, 6.07) is 4.33. The van der Waals surface area contributed by atoms with Gasteiger partial charge in [0, 0.05) is 18.3 Å². The van der Waals surface area contributed by atoms with E-state index in [-0.39, 0.29) is 24.8 Å². The van der Waals surface area contributed by atoms with Gasteiger partial charge in [0.2, 0.25) is 21.8 Å². The van der Waals surface area contributed by atoms with Gasteiger partial charge < -0.3 is 5.32 Å². The highest BCUT2D eigenvalue weighted by Gasteiger charge is 2.50. The normalized spacial score (nSPS) is 24.6. The van der Waals surface area contributed by atoms with Crippen LogP contribution in [0.15, 0.2) is 18.2 Å². The Morgan fingerprint density at radius 1 is 1.29 bits per heavy atom. The van der Waals surface area contributed by atoms with Crippen LogP contribution in [0, 0.1) is 12.7 Å². The Morgan fingerprint density at radius 3 is 2.50 bits per heavy atom. The summed E-state index contributed by atoms with van der Waals surface area (Å²) in [6.07, 6.45) is 4.75. The topological polar surface area (TPSA) is 86.8 Å². The first-order valence-corrected chi connectivity index (χ1v) is 11.2. The molecule has 0 aromatic heterocycles. The lowest BCUT2D eigenvalue weighted by Crippen LogP contribution is -2.70. The Balaban J connectivity index is 2.02. The summed E-state index contributed by atoms with van der Waals surface area (Å²) in [5, 5.41) is 2.96. The third-order valence-corrected chi connectivity index (χ3v) is 6.80. The summed E-state index contributed by atoms with van der Waals surface area (Å²) >= 11 is 0. The van der Waals surface area contributed by atoms with Crippen molar-refractivity contribution in [2.75, 3.05) is 24.2 Å². The molecule has 28 heavy (non-hydrogen) atoms. The van der Waals surface area contributed by atoms with E-state index in [1.807, 2.05) is 0 Å². The van der Waals surface area contributed by atoms with Crippen molar-refractivity contribution in [3.63, 3.8) is 0 Å². The molecule has 1 aliphatic heterocycles. The van der Waals surface area contributed by atoms with E-state index in [0.717, 1.165) is 36.2 Å². The van der Waals surface area contributed by atoms with Gasteiger partial charge in [-0.1, -0.05) is 18.9 Å². The number of nitrogens with one attached hydrogen (secondary N) is 1. The number of hydrogen-bond donors (Lipinski definition) is 1. The molecule has 0 bridgehead atoms. The van der Waals surface area contributed by atoms with Gasteiger partial charge in [-0.2, -0.15) is 4.31 Å². The van der Waals surface area contributed by atoms with Gasteiger partial charge in [-0.15, -0.1) is 0 Å². The van der Waals surface area contributed by atoms with Crippen LogP contribution in [-0.2, 0) is 19.6 Å². The molecular weight excluding hydrogens is 385 g/mol. The van der Waals surface area contributed by atoms with Crippen molar-refractivity contribution in [3.8, 4) is 0 Å². The highest BCUT2D eigenvalue weighted by atomic mass is 32.2. The third kappa shape index (κ3) is 3.91. The van der Waals surface area contributed by atoms with Gasteiger partial charge >= 0.3 is 0 Å². The van der Waals surface area contributed by atoms with Crippen molar-refractivity contribution < 1.29 is 22.4 Å². The number of aryl methyl sites for hydroxylation is 1. The molecule has 1 aromatic rings. The van der Waals surface area contributed by atoms with Gasteiger partial charge in [0.25, 0.3) is 0 Å². The Labute approximate surface area is 164 Å². The molecule has 1 aromatic carbocycles. The first-order valence-electron chi connectivity index (χ1n) is 9.37. The molecule has 1 heterocycles. The average molecular weight is 411 g/mol. The number of piperazine rings is 1. The fourth-order valence-corrected chi connectivity index (χ4v) is 4.77. The summed E-state index contributed by atoms with van der Waals surface area (Å²) < 4.78 is 39.4. The molecule has 154 valence electrons. The average Bonchev–Trinajstić information content (AvgIpc) is 3.09. The standard InChI is InChI=1S/C19H26FN3O4S/c1-13-8-9-15(10-16(13)20)23-17(24)11-22(28(3,26)27)12-19(23,2)18(25)21-14-6-4-5-7-14/h8-10,14H,4-7,11-12H2,1-3H3,(H,21,25)/t19-/m1/s1. The quantitative estimate of drug-likeness (QED) is 0.815. The molecule has 1 saturated heterocycles. The third-order valence-electron chi connectivity index (χ3n) is 5.60. The minimum atomic E-state index is -3.68. The molecule has 1 aliphatic carbocycles. The van der Waals surface area contributed by atoms with Gasteiger partial charge in [0.05, 0.1) is 12.8 Å². The zero-order valence-electron chi connectivity index (χ0n) is 16.4. The molecule has 9 heteroatoms. The maximum Gasteiger partial charge on any atom is 0.247 e. The monoisotopic (exact) mass is 411 g/mol. The summed E-state index contributed by atoms with van der Waals surface area (Å²) in [5.41, 5.74) is -0.823. The molecule has 0 spiro atoms. The second-order valence-electron chi connectivity index (χ2n) is 7.92. The molecule has 0 unspecified atom stereocenters. The highest BCUT2D eigenvalue weighted by Crippen LogP contribution is 2.32. The highest BCUT2D eigenvalue weighted by molar-refractivity contribution is 7.88. The number of carbonyl (C=O) groups is 2. The number of benzene rings is 1. The second kappa shape index (κ2) is 7.44. The molecule has 2 aliphatic rings. The smallest absolute Gasteiger partial charge is 0.247 e. The Bertz CT molecular complexity index is 898. The van der Waals surface area contributed by atoms with Crippen molar-refractivity contribution >= 4 is 27.5 Å². The first kappa shape index (κ1) is 20.7. The van der Waals surface area contributed by atoms with Crippen LogP contribution in [0.4, 0.5) is 10.1 Å². The van der Waals surface area contributed by atoms with Crippen molar-refractivity contribution in [2.24, 2.45) is 0 Å². The van der Waals surface area contributed by atoms with Gasteiger partial charge in [0.15, 0.2) is 0 Å². The number of sulfonamides is 1. The number of halogens is 1. The van der Waals surface area contributed by atoms with Crippen molar-refractivity contribution in [1.82, 2.24) is 9.62 Å². The molecule has 3 rings (SSSR count). The zero-order valence-corrected chi connectivity index (χ0v) is 17.2. The minimum Gasteiger partial charge on any atom is -0.351 e. The maximum absolute atomic E-state index is 14.2. The Hall–Kier alpha value is -2.00. The maximum atomic E-state index is 14.2. The van der Waals surface area contributed by atoms with Crippen LogP contribution in [0.5, 0.6) is 0 Å². The van der Waals surface area contributed by atoms with Gasteiger partial charge in [0.1, 0.15) is 11.4 Å². The Kier molecular flexibility index (Phi) is 5.51. The summed E-state index contributed by atoms with van der Waals surface area (Å²) in [6.45, 7) is 2.56. The number of hydrogen-bond acceptors (Lipinski definition) is 4. The minimum absolute atomic E-state index is 0.00430. The predicted octanol–water partition coefficient (Wildman–Crippen LogP) is 1.56. The summed E-state index contributed by atoms with van der Waals surface area (Å²) in [5.74, 6) is -1.49. The van der Waals surface area contributed by atoms with Gasteiger partial charge in [-0.25, -0.2) is 12.8 Å². The number of rotatable bonds is 4. The van der Waals surface area contributed by atoms with Crippen LogP contribution in [0.1, 0.15) is 38.2 Å². The van der Waals surface area contributed by atoms with Crippen LogP contribution in [-0.4, -0.2) is 55.5 Å². The fraction of sp³-hybridized carbons (Fsp3) is 0.579. The second-order valence-corrected chi connectivity index (χ2v) is 9.90. The van der Waals surface area contributed by atoms with E-state index >= 15 is 0 Å². The lowest BCUT2D eigenvalue weighted by molar-refractivity contribution is -0.133. The first-order chi connectivity index (χ1) is 13.0. The SMILES string of the molecule is Cc1ccc(N2C(=O)CN(S(C)(=O)=O)C[C@]2(C)C(=O)NC2CCCC2)cc1F. The van der Waals surface area contributed by atoms with Crippen LogP contribution in [0.2, 0.25) is 0 Å². The van der Waals surface area contributed by atoms with E-state index in [1.54, 1.807) is 13.0 Å². The van der Waals surface area contributed by atoms with E-state index in [9.17, 15) is 22.4 Å². The van der Waals surface area contributed by atoms with E-state index in [0.29, 0.717) is 5.56 Å². The van der Waals surface area contributed by atoms with Crippen molar-refractivity contribution in [2.45, 2.75) is 51.1 Å². The lowest BCUT2D eigenvalue weighted by Gasteiger charge is -2.46. The van der Waals surface area contributed by atoms with Gasteiger partial charge in [-0.3, -0.25) is 14.5 Å². The largest absolute Gasteiger partial charge is 0.351 e. The van der Waals surface area contributed by atoms with E-state index in [4.69, 9.17) is 0 Å².